The summed E-state index contributed by atoms with van der Waals surface area (Å²) in [5.41, 5.74) is 11.3. The molecule has 142 valence electrons. The molecule has 1 aliphatic rings. The highest BCUT2D eigenvalue weighted by atomic mass is 16.1. The molecule has 0 bridgehead atoms. The second kappa shape index (κ2) is 7.85. The highest BCUT2D eigenvalue weighted by Gasteiger charge is 2.18. The molecule has 1 atom stereocenters. The lowest BCUT2D eigenvalue weighted by Crippen LogP contribution is -2.37. The van der Waals surface area contributed by atoms with Crippen molar-refractivity contribution in [3.8, 4) is 0 Å². The van der Waals surface area contributed by atoms with Crippen molar-refractivity contribution in [2.45, 2.75) is 25.8 Å². The van der Waals surface area contributed by atoms with Crippen LogP contribution in [0.4, 0.5) is 23.1 Å². The Morgan fingerprint density at radius 3 is 2.52 bits per heavy atom. The Morgan fingerprint density at radius 1 is 1.22 bits per heavy atom. The molecule has 3 rings (SSSR count). The molecular weight excluding hydrogens is 348 g/mol. The van der Waals surface area contributed by atoms with E-state index in [1.54, 1.807) is 6.20 Å². The number of pyridine rings is 1. The molecule has 0 unspecified atom stereocenters. The SMILES string of the molecule is CC[C@@H](Nc1cnc(C(N)=O)c(Nc2ccc(N3CCC3)nc2)n1)C(N)=O. The van der Waals surface area contributed by atoms with E-state index in [2.05, 4.69) is 30.5 Å². The molecule has 10 heteroatoms. The van der Waals surface area contributed by atoms with Gasteiger partial charge < -0.3 is 27.0 Å². The minimum atomic E-state index is -0.719. The van der Waals surface area contributed by atoms with Crippen molar-refractivity contribution in [1.82, 2.24) is 15.0 Å². The Hall–Kier alpha value is -3.43. The third-order valence-corrected chi connectivity index (χ3v) is 4.27. The van der Waals surface area contributed by atoms with Crippen LogP contribution < -0.4 is 27.0 Å². The molecular formula is C17H22N8O2. The van der Waals surface area contributed by atoms with Crippen LogP contribution in [0.25, 0.3) is 0 Å². The molecule has 0 saturated carbocycles. The molecule has 0 radical (unpaired) electrons. The summed E-state index contributed by atoms with van der Waals surface area (Å²) in [6.45, 7) is 3.82. The quantitative estimate of drug-likeness (QED) is 0.527. The van der Waals surface area contributed by atoms with Gasteiger partial charge in [-0.2, -0.15) is 0 Å². The molecule has 1 saturated heterocycles. The first-order valence-electron chi connectivity index (χ1n) is 8.68. The standard InChI is InChI=1S/C17H22N8O2/c1-2-11(15(18)26)23-12-9-21-14(16(19)27)17(24-12)22-10-4-5-13(20-8-10)25-6-3-7-25/h4-5,8-9,11H,2-3,6-7H2,1H3,(H2,18,26)(H2,19,27)(H2,22,23,24)/t11-/m1/s1. The summed E-state index contributed by atoms with van der Waals surface area (Å²) in [7, 11) is 0. The predicted octanol–water partition coefficient (Wildman–Crippen LogP) is 0.600. The van der Waals surface area contributed by atoms with Gasteiger partial charge in [-0.15, -0.1) is 0 Å². The largest absolute Gasteiger partial charge is 0.368 e. The molecule has 10 nitrogen and oxygen atoms in total. The maximum Gasteiger partial charge on any atom is 0.271 e. The zero-order valence-corrected chi connectivity index (χ0v) is 15.0. The van der Waals surface area contributed by atoms with Gasteiger partial charge in [-0.3, -0.25) is 9.59 Å². The minimum absolute atomic E-state index is 0.0144. The van der Waals surface area contributed by atoms with Gasteiger partial charge in [0.1, 0.15) is 17.7 Å². The zero-order chi connectivity index (χ0) is 19.4. The molecule has 1 fully saturated rings. The van der Waals surface area contributed by atoms with Gasteiger partial charge in [0.15, 0.2) is 11.5 Å². The lowest BCUT2D eigenvalue weighted by Gasteiger charge is -2.31. The fourth-order valence-corrected chi connectivity index (χ4v) is 2.61. The number of primary amides is 2. The van der Waals surface area contributed by atoms with E-state index in [0.717, 1.165) is 18.9 Å². The van der Waals surface area contributed by atoms with Crippen LogP contribution in [-0.4, -0.2) is 45.9 Å². The first-order chi connectivity index (χ1) is 13.0. The van der Waals surface area contributed by atoms with Crippen LogP contribution in [0.15, 0.2) is 24.5 Å². The molecule has 27 heavy (non-hydrogen) atoms. The van der Waals surface area contributed by atoms with Crippen LogP contribution in [0.3, 0.4) is 0 Å². The van der Waals surface area contributed by atoms with Crippen molar-refractivity contribution >= 4 is 35.0 Å². The minimum Gasteiger partial charge on any atom is -0.368 e. The molecule has 6 N–H and O–H groups in total. The number of anilines is 4. The number of nitrogens with zero attached hydrogens (tertiary/aromatic N) is 4. The van der Waals surface area contributed by atoms with Crippen molar-refractivity contribution in [1.29, 1.82) is 0 Å². The van der Waals surface area contributed by atoms with Gasteiger partial charge in [0.05, 0.1) is 18.1 Å². The van der Waals surface area contributed by atoms with Crippen molar-refractivity contribution in [2.75, 3.05) is 28.6 Å². The monoisotopic (exact) mass is 370 g/mol. The summed E-state index contributed by atoms with van der Waals surface area (Å²) in [6, 6.07) is 3.14. The highest BCUT2D eigenvalue weighted by molar-refractivity contribution is 5.96. The van der Waals surface area contributed by atoms with E-state index in [1.165, 1.54) is 12.6 Å². The van der Waals surface area contributed by atoms with Crippen LogP contribution in [0.2, 0.25) is 0 Å². The topological polar surface area (TPSA) is 152 Å². The van der Waals surface area contributed by atoms with E-state index in [1.807, 2.05) is 19.1 Å². The fourth-order valence-electron chi connectivity index (χ4n) is 2.61. The molecule has 2 aromatic heterocycles. The van der Waals surface area contributed by atoms with Crippen LogP contribution in [0.5, 0.6) is 0 Å². The van der Waals surface area contributed by atoms with Gasteiger partial charge in [-0.25, -0.2) is 15.0 Å². The highest BCUT2D eigenvalue weighted by Crippen LogP contribution is 2.23. The summed E-state index contributed by atoms with van der Waals surface area (Å²) < 4.78 is 0. The van der Waals surface area contributed by atoms with Gasteiger partial charge in [0.2, 0.25) is 5.91 Å². The second-order valence-electron chi connectivity index (χ2n) is 6.19. The summed E-state index contributed by atoms with van der Waals surface area (Å²) in [4.78, 5) is 38.0. The number of aromatic nitrogens is 3. The zero-order valence-electron chi connectivity index (χ0n) is 15.0. The van der Waals surface area contributed by atoms with Crippen molar-refractivity contribution < 1.29 is 9.59 Å². The van der Waals surface area contributed by atoms with Gasteiger partial charge in [-0.05, 0) is 25.0 Å². The maximum atomic E-state index is 11.7. The molecule has 0 aliphatic carbocycles. The molecule has 2 amide bonds. The molecule has 2 aromatic rings. The third kappa shape index (κ3) is 4.22. The van der Waals surface area contributed by atoms with E-state index in [9.17, 15) is 9.59 Å². The smallest absolute Gasteiger partial charge is 0.271 e. The summed E-state index contributed by atoms with van der Waals surface area (Å²) in [5, 5.41) is 5.90. The van der Waals surface area contributed by atoms with E-state index >= 15 is 0 Å². The van der Waals surface area contributed by atoms with Gasteiger partial charge >= 0.3 is 0 Å². The van der Waals surface area contributed by atoms with Crippen LogP contribution >= 0.6 is 0 Å². The molecule has 3 heterocycles. The van der Waals surface area contributed by atoms with Crippen molar-refractivity contribution in [3.63, 3.8) is 0 Å². The Morgan fingerprint density at radius 2 is 2.00 bits per heavy atom. The Labute approximate surface area is 156 Å². The number of hydrogen-bond acceptors (Lipinski definition) is 8. The normalized spacial score (nSPS) is 14.2. The molecule has 1 aliphatic heterocycles. The van der Waals surface area contributed by atoms with Crippen molar-refractivity contribution in [2.24, 2.45) is 11.5 Å². The number of nitrogens with one attached hydrogen (secondary N) is 2. The summed E-state index contributed by atoms with van der Waals surface area (Å²) in [6.07, 6.45) is 4.64. The second-order valence-corrected chi connectivity index (χ2v) is 6.19. The fraction of sp³-hybridized carbons (Fsp3) is 0.353. The summed E-state index contributed by atoms with van der Waals surface area (Å²) in [5.74, 6) is 0.154. The molecule has 0 aromatic carbocycles. The van der Waals surface area contributed by atoms with Gasteiger partial charge in [0.25, 0.3) is 5.91 Å². The van der Waals surface area contributed by atoms with Crippen LogP contribution in [0.1, 0.15) is 30.3 Å². The first kappa shape index (κ1) is 18.4. The predicted molar refractivity (Wildman–Crippen MR) is 102 cm³/mol. The Kier molecular flexibility index (Phi) is 5.34. The molecule has 0 spiro atoms. The number of rotatable bonds is 8. The van der Waals surface area contributed by atoms with E-state index in [-0.39, 0.29) is 11.5 Å². The number of carbonyl (C=O) groups excluding carboxylic acids is 2. The van der Waals surface area contributed by atoms with Gasteiger partial charge in [0, 0.05) is 13.1 Å². The van der Waals surface area contributed by atoms with E-state index < -0.39 is 17.9 Å². The number of carbonyl (C=O) groups is 2. The van der Waals surface area contributed by atoms with Gasteiger partial charge in [-0.1, -0.05) is 6.92 Å². The lowest BCUT2D eigenvalue weighted by molar-refractivity contribution is -0.118. The number of amides is 2. The number of hydrogen-bond donors (Lipinski definition) is 4. The van der Waals surface area contributed by atoms with Crippen LogP contribution in [0, 0.1) is 0 Å². The summed E-state index contributed by atoms with van der Waals surface area (Å²) >= 11 is 0. The average Bonchev–Trinajstić information content (AvgIpc) is 2.59. The number of nitrogens with two attached hydrogens (primary N) is 2. The van der Waals surface area contributed by atoms with E-state index in [4.69, 9.17) is 11.5 Å². The van der Waals surface area contributed by atoms with E-state index in [0.29, 0.717) is 17.9 Å². The average molecular weight is 370 g/mol. The Bertz CT molecular complexity index is 835. The van der Waals surface area contributed by atoms with Crippen molar-refractivity contribution in [3.05, 3.63) is 30.2 Å². The third-order valence-electron chi connectivity index (χ3n) is 4.27. The lowest BCUT2D eigenvalue weighted by atomic mass is 10.2. The Balaban J connectivity index is 1.82. The van der Waals surface area contributed by atoms with Crippen LogP contribution in [-0.2, 0) is 4.79 Å². The maximum absolute atomic E-state index is 11.7. The first-order valence-corrected chi connectivity index (χ1v) is 8.68.